The minimum absolute atomic E-state index is 0.217. The van der Waals surface area contributed by atoms with Gasteiger partial charge in [-0.05, 0) is 0 Å². The van der Waals surface area contributed by atoms with Crippen molar-refractivity contribution in [2.45, 2.75) is 96.8 Å². The van der Waals surface area contributed by atoms with Crippen molar-refractivity contribution < 1.29 is 19.4 Å². The van der Waals surface area contributed by atoms with E-state index in [1.807, 2.05) is 44.2 Å². The van der Waals surface area contributed by atoms with Gasteiger partial charge in [0.1, 0.15) is 0 Å². The first-order valence-electron chi connectivity index (χ1n) is 12.8. The van der Waals surface area contributed by atoms with Crippen LogP contribution in [0.15, 0.2) is 48.5 Å². The predicted octanol–water partition coefficient (Wildman–Crippen LogP) is 7.89. The summed E-state index contributed by atoms with van der Waals surface area (Å²) in [6, 6.07) is 14.7. The van der Waals surface area contributed by atoms with Crippen molar-refractivity contribution in [1.29, 1.82) is 0 Å². The maximum atomic E-state index is 10.6. The number of para-hydroxylation sites is 2. The molecule has 0 unspecified atom stereocenters. The summed E-state index contributed by atoms with van der Waals surface area (Å²) in [5.41, 5.74) is 1.04. The Morgan fingerprint density at radius 1 is 0.697 bits per heavy atom. The Labute approximate surface area is 201 Å². The Morgan fingerprint density at radius 2 is 1.18 bits per heavy atom. The van der Waals surface area contributed by atoms with Gasteiger partial charge in [0, 0.05) is 0 Å². The Bertz CT molecular complexity index is 819. The molecule has 0 spiro atoms. The van der Waals surface area contributed by atoms with Crippen LogP contribution in [-0.4, -0.2) is 21.1 Å². The van der Waals surface area contributed by atoms with Gasteiger partial charge in [0.05, 0.1) is 0 Å². The molecule has 2 rings (SSSR count). The molecule has 5 heteroatoms. The van der Waals surface area contributed by atoms with Gasteiger partial charge in [0.2, 0.25) is 0 Å². The van der Waals surface area contributed by atoms with Gasteiger partial charge in [0.15, 0.2) is 0 Å². The molecule has 0 amide bonds. The second kappa shape index (κ2) is 13.9. The summed E-state index contributed by atoms with van der Waals surface area (Å²) in [4.78, 5) is 21.3. The summed E-state index contributed by atoms with van der Waals surface area (Å²) in [6.45, 7) is 6.26. The molecule has 0 bridgehead atoms. The molecule has 0 aliphatic carbocycles. The zero-order chi connectivity index (χ0) is 24.2. The van der Waals surface area contributed by atoms with Crippen molar-refractivity contribution >= 4 is 7.94 Å². The number of hydrogen-bond donors (Lipinski definition) is 3. The number of benzene rings is 2. The van der Waals surface area contributed by atoms with Gasteiger partial charge < -0.3 is 0 Å². The third kappa shape index (κ3) is 9.27. The number of unbranched alkanes of at least 4 members (excludes halogenated alkanes) is 10. The Balaban J connectivity index is 1.83. The molecule has 0 radical (unpaired) electrons. The van der Waals surface area contributed by atoms with Crippen LogP contribution >= 0.6 is 7.94 Å². The summed E-state index contributed by atoms with van der Waals surface area (Å²) in [7, 11) is -3.83. The van der Waals surface area contributed by atoms with Gasteiger partial charge in [-0.15, -0.1) is 0 Å². The van der Waals surface area contributed by atoms with Crippen molar-refractivity contribution in [2.75, 3.05) is 6.16 Å². The van der Waals surface area contributed by atoms with Gasteiger partial charge in [-0.3, -0.25) is 0 Å². The number of hydrogen-bond acceptors (Lipinski definition) is 4. The Hall–Kier alpha value is -1.61. The van der Waals surface area contributed by atoms with Gasteiger partial charge >= 0.3 is 195 Å². The molecule has 0 saturated carbocycles. The van der Waals surface area contributed by atoms with E-state index in [0.717, 1.165) is 30.4 Å². The summed E-state index contributed by atoms with van der Waals surface area (Å²) in [5, 5.41) is 10.4. The monoisotopic (exact) mass is 476 g/mol. The molecule has 4 nitrogen and oxygen atoms in total. The maximum absolute atomic E-state index is 10.6. The van der Waals surface area contributed by atoms with Crippen LogP contribution in [0.4, 0.5) is 0 Å². The fourth-order valence-corrected chi connectivity index (χ4v) is 5.81. The summed E-state index contributed by atoms with van der Waals surface area (Å²) >= 11 is 0. The number of rotatable bonds is 16. The molecule has 2 aromatic carbocycles. The van der Waals surface area contributed by atoms with E-state index in [-0.39, 0.29) is 5.75 Å². The molecular formula is C28H45O4P. The molecule has 33 heavy (non-hydrogen) atoms. The minimum atomic E-state index is -3.83. The summed E-state index contributed by atoms with van der Waals surface area (Å²) in [6.07, 6.45) is 13.7. The van der Waals surface area contributed by atoms with Crippen LogP contribution in [0.3, 0.4) is 0 Å². The number of aromatic hydroxyl groups is 1. The first kappa shape index (κ1) is 27.6. The van der Waals surface area contributed by atoms with E-state index in [1.165, 1.54) is 51.4 Å². The van der Waals surface area contributed by atoms with Gasteiger partial charge in [-0.1, -0.05) is 6.92 Å². The quantitative estimate of drug-likeness (QED) is 0.170. The topological polar surface area (TPSA) is 69.9 Å². The molecular weight excluding hydrogens is 431 g/mol. The molecule has 0 aromatic heterocycles. The zero-order valence-corrected chi connectivity index (χ0v) is 21.9. The molecule has 186 valence electrons. The van der Waals surface area contributed by atoms with Crippen molar-refractivity contribution in [3.05, 3.63) is 59.7 Å². The van der Waals surface area contributed by atoms with E-state index in [0.29, 0.717) is 11.9 Å². The van der Waals surface area contributed by atoms with Crippen molar-refractivity contribution in [2.24, 2.45) is 0 Å². The fourth-order valence-electron chi connectivity index (χ4n) is 4.47. The second-order valence-corrected chi connectivity index (χ2v) is 12.0. The van der Waals surface area contributed by atoms with Gasteiger partial charge in [-0.25, -0.2) is 0 Å². The first-order chi connectivity index (χ1) is 15.8. The van der Waals surface area contributed by atoms with Gasteiger partial charge in [0.25, 0.3) is 0 Å². The third-order valence-electron chi connectivity index (χ3n) is 6.52. The molecule has 0 atom stereocenters. The van der Waals surface area contributed by atoms with E-state index in [2.05, 4.69) is 6.92 Å². The van der Waals surface area contributed by atoms with Crippen LogP contribution in [-0.2, 0) is 5.41 Å². The van der Waals surface area contributed by atoms with E-state index in [4.69, 9.17) is 4.52 Å². The van der Waals surface area contributed by atoms with E-state index in [1.54, 1.807) is 18.2 Å². The molecule has 0 heterocycles. The molecule has 0 fully saturated rings. The van der Waals surface area contributed by atoms with Crippen LogP contribution in [0.25, 0.3) is 0 Å². The molecule has 2 aromatic rings. The normalized spacial score (nSPS) is 12.6. The SMILES string of the molecule is CCCCCCCCCCCCC[PH](O)(O)Oc1ccccc1C(C)(C)c1ccccc1O. The Morgan fingerprint density at radius 3 is 1.76 bits per heavy atom. The molecule has 0 aliphatic rings. The number of phenolic OH excluding ortho intramolecular Hbond substituents is 1. The number of phenols is 1. The third-order valence-corrected chi connectivity index (χ3v) is 8.07. The Kier molecular flexibility index (Phi) is 11.7. The fraction of sp³-hybridized carbons (Fsp3) is 0.571. The standard InChI is InChI=1S/C28H45O4P/c1-4-5-6-7-8-9-10-11-12-13-18-23-33(30,31)32-27-22-17-15-20-25(27)28(2,3)24-19-14-16-21-26(24)29/h14-17,19-22,29-31,33H,4-13,18,23H2,1-3H3. The second-order valence-electron chi connectivity index (χ2n) is 9.77. The van der Waals surface area contributed by atoms with Crippen molar-refractivity contribution in [3.8, 4) is 11.5 Å². The molecule has 0 aliphatic heterocycles. The van der Waals surface area contributed by atoms with E-state index < -0.39 is 13.4 Å². The van der Waals surface area contributed by atoms with E-state index >= 15 is 0 Å². The van der Waals surface area contributed by atoms with Crippen molar-refractivity contribution in [1.82, 2.24) is 0 Å². The zero-order valence-electron chi connectivity index (χ0n) is 20.9. The average Bonchev–Trinajstić information content (AvgIpc) is 2.77. The molecule has 3 N–H and O–H groups in total. The molecule has 0 saturated heterocycles. The van der Waals surface area contributed by atoms with Crippen molar-refractivity contribution in [3.63, 3.8) is 0 Å². The van der Waals surface area contributed by atoms with Crippen LogP contribution in [0.1, 0.15) is 103 Å². The van der Waals surface area contributed by atoms with Gasteiger partial charge in [-0.2, -0.15) is 0 Å². The summed E-state index contributed by atoms with van der Waals surface area (Å²) in [5.74, 6) is 0.695. The first-order valence-corrected chi connectivity index (χ1v) is 14.8. The average molecular weight is 477 g/mol. The summed E-state index contributed by atoms with van der Waals surface area (Å²) < 4.78 is 5.84. The predicted molar refractivity (Wildman–Crippen MR) is 141 cm³/mol. The van der Waals surface area contributed by atoms with Crippen LogP contribution in [0.2, 0.25) is 0 Å². The van der Waals surface area contributed by atoms with E-state index in [9.17, 15) is 14.9 Å². The van der Waals surface area contributed by atoms with Crippen LogP contribution < -0.4 is 4.52 Å². The van der Waals surface area contributed by atoms with Crippen LogP contribution in [0, 0.1) is 0 Å². The van der Waals surface area contributed by atoms with Crippen LogP contribution in [0.5, 0.6) is 11.5 Å².